The van der Waals surface area contributed by atoms with Crippen molar-refractivity contribution in [2.45, 2.75) is 19.4 Å². The number of ether oxygens (including phenoxy) is 1. The predicted octanol–water partition coefficient (Wildman–Crippen LogP) is 3.33. The van der Waals surface area contributed by atoms with E-state index in [4.69, 9.17) is 4.74 Å². The van der Waals surface area contributed by atoms with Crippen LogP contribution in [0.5, 0.6) is 5.75 Å². The van der Waals surface area contributed by atoms with Crippen molar-refractivity contribution in [3.05, 3.63) is 71.5 Å². The Morgan fingerprint density at radius 3 is 2.80 bits per heavy atom. The number of carbonyl (C=O) groups is 1. The molecule has 1 aromatic heterocycles. The summed E-state index contributed by atoms with van der Waals surface area (Å²) in [5.74, 6) is 0.876. The average molecular weight is 333 g/mol. The van der Waals surface area contributed by atoms with Gasteiger partial charge in [-0.25, -0.2) is 0 Å². The number of amides is 1. The molecule has 2 heterocycles. The lowest BCUT2D eigenvalue weighted by Crippen LogP contribution is -2.22. The molecule has 2 aromatic carbocycles. The Kier molecular flexibility index (Phi) is 4.21. The van der Waals surface area contributed by atoms with Gasteiger partial charge in [0.1, 0.15) is 5.75 Å². The van der Waals surface area contributed by atoms with E-state index in [-0.39, 0.29) is 5.91 Å². The van der Waals surface area contributed by atoms with Crippen molar-refractivity contribution in [3.63, 3.8) is 0 Å². The molecule has 0 radical (unpaired) electrons. The van der Waals surface area contributed by atoms with Gasteiger partial charge in [0.05, 0.1) is 18.4 Å². The summed E-state index contributed by atoms with van der Waals surface area (Å²) in [5.41, 5.74) is 5.23. The van der Waals surface area contributed by atoms with Crippen molar-refractivity contribution in [1.29, 1.82) is 0 Å². The molecule has 0 saturated carbocycles. The third-order valence-electron chi connectivity index (χ3n) is 4.41. The number of fused-ring (bicyclic) bond motifs is 1. The number of hydrogen-bond donors (Lipinski definition) is 2. The minimum absolute atomic E-state index is 0.132. The Hall–Kier alpha value is -3.08. The first-order valence-corrected chi connectivity index (χ1v) is 8.41. The molecule has 1 aliphatic heterocycles. The van der Waals surface area contributed by atoms with Crippen molar-refractivity contribution in [1.82, 2.24) is 15.5 Å². The summed E-state index contributed by atoms with van der Waals surface area (Å²) in [6.45, 7) is 1.30. The summed E-state index contributed by atoms with van der Waals surface area (Å²) in [5, 5.41) is 9.30. The van der Waals surface area contributed by atoms with Gasteiger partial charge in [-0.3, -0.25) is 9.89 Å². The number of hydrogen-bond acceptors (Lipinski definition) is 3. The minimum atomic E-state index is -0.132. The third-order valence-corrected chi connectivity index (χ3v) is 4.41. The molecule has 5 heteroatoms. The number of nitrogens with zero attached hydrogens (tertiary/aromatic N) is 1. The predicted molar refractivity (Wildman–Crippen MR) is 95.5 cm³/mol. The Balaban J connectivity index is 1.44. The zero-order chi connectivity index (χ0) is 17.1. The van der Waals surface area contributed by atoms with E-state index in [1.54, 1.807) is 6.20 Å². The first kappa shape index (κ1) is 15.4. The van der Waals surface area contributed by atoms with Crippen LogP contribution >= 0.6 is 0 Å². The SMILES string of the molecule is O=C(NCc1ccc(-c2ccc3c(c2)CCCO3)cc1)c1cn[nH]c1. The molecule has 0 unspecified atom stereocenters. The van der Waals surface area contributed by atoms with Gasteiger partial charge < -0.3 is 10.1 Å². The Morgan fingerprint density at radius 1 is 1.16 bits per heavy atom. The summed E-state index contributed by atoms with van der Waals surface area (Å²) in [4.78, 5) is 11.9. The molecule has 1 amide bonds. The summed E-state index contributed by atoms with van der Waals surface area (Å²) in [6, 6.07) is 14.6. The quantitative estimate of drug-likeness (QED) is 0.769. The van der Waals surface area contributed by atoms with E-state index in [2.05, 4.69) is 45.8 Å². The number of H-pyrrole nitrogens is 1. The van der Waals surface area contributed by atoms with Gasteiger partial charge in [-0.1, -0.05) is 30.3 Å². The zero-order valence-electron chi connectivity index (χ0n) is 13.8. The first-order chi connectivity index (χ1) is 12.3. The second kappa shape index (κ2) is 6.81. The van der Waals surface area contributed by atoms with Gasteiger partial charge in [0.15, 0.2) is 0 Å². The zero-order valence-corrected chi connectivity index (χ0v) is 13.8. The minimum Gasteiger partial charge on any atom is -0.493 e. The van der Waals surface area contributed by atoms with Crippen molar-refractivity contribution in [2.24, 2.45) is 0 Å². The highest BCUT2D eigenvalue weighted by Crippen LogP contribution is 2.30. The topological polar surface area (TPSA) is 67.0 Å². The van der Waals surface area contributed by atoms with Crippen LogP contribution in [0, 0.1) is 0 Å². The molecule has 0 bridgehead atoms. The second-order valence-electron chi connectivity index (χ2n) is 6.14. The second-order valence-corrected chi connectivity index (χ2v) is 6.14. The summed E-state index contributed by atoms with van der Waals surface area (Å²) in [6.07, 6.45) is 5.24. The molecule has 1 aliphatic rings. The van der Waals surface area contributed by atoms with E-state index in [0.29, 0.717) is 12.1 Å². The normalized spacial score (nSPS) is 13.0. The smallest absolute Gasteiger partial charge is 0.254 e. The number of benzene rings is 2. The van der Waals surface area contributed by atoms with Gasteiger partial charge >= 0.3 is 0 Å². The molecule has 4 rings (SSSR count). The fraction of sp³-hybridized carbons (Fsp3) is 0.200. The number of aryl methyl sites for hydroxylation is 1. The molecule has 3 aromatic rings. The molecule has 0 aliphatic carbocycles. The molecule has 0 fully saturated rings. The van der Waals surface area contributed by atoms with Crippen molar-refractivity contribution >= 4 is 5.91 Å². The van der Waals surface area contributed by atoms with Crippen LogP contribution in [0.3, 0.4) is 0 Å². The number of aromatic amines is 1. The summed E-state index contributed by atoms with van der Waals surface area (Å²) >= 11 is 0. The first-order valence-electron chi connectivity index (χ1n) is 8.41. The summed E-state index contributed by atoms with van der Waals surface area (Å²) < 4.78 is 5.67. The van der Waals surface area contributed by atoms with Crippen LogP contribution in [0.2, 0.25) is 0 Å². The molecule has 5 nitrogen and oxygen atoms in total. The maximum absolute atomic E-state index is 11.9. The van der Waals surface area contributed by atoms with Crippen LogP contribution < -0.4 is 10.1 Å². The molecule has 126 valence electrons. The lowest BCUT2D eigenvalue weighted by atomic mass is 9.98. The van der Waals surface area contributed by atoms with Crippen LogP contribution in [0.25, 0.3) is 11.1 Å². The van der Waals surface area contributed by atoms with E-state index in [1.165, 1.54) is 22.9 Å². The number of carbonyl (C=O) groups excluding carboxylic acids is 1. The standard InChI is InChI=1S/C20H19N3O2/c24-20(18-12-22-23-13-18)21-11-14-3-5-15(6-4-14)16-7-8-19-17(10-16)2-1-9-25-19/h3-8,10,12-13H,1-2,9,11H2,(H,21,24)(H,22,23). The van der Waals surface area contributed by atoms with Crippen molar-refractivity contribution < 1.29 is 9.53 Å². The highest BCUT2D eigenvalue weighted by atomic mass is 16.5. The largest absolute Gasteiger partial charge is 0.493 e. The van der Waals surface area contributed by atoms with Crippen molar-refractivity contribution in [3.8, 4) is 16.9 Å². The van der Waals surface area contributed by atoms with Gasteiger partial charge in [-0.15, -0.1) is 0 Å². The van der Waals surface area contributed by atoms with Crippen LogP contribution in [-0.2, 0) is 13.0 Å². The number of nitrogens with one attached hydrogen (secondary N) is 2. The number of aromatic nitrogens is 2. The van der Waals surface area contributed by atoms with Gasteiger partial charge in [0.2, 0.25) is 0 Å². The van der Waals surface area contributed by atoms with Gasteiger partial charge in [0, 0.05) is 12.7 Å². The molecular formula is C20H19N3O2. The lowest BCUT2D eigenvalue weighted by Gasteiger charge is -2.18. The average Bonchev–Trinajstić information content (AvgIpc) is 3.21. The van der Waals surface area contributed by atoms with Crippen LogP contribution in [-0.4, -0.2) is 22.7 Å². The van der Waals surface area contributed by atoms with E-state index in [0.717, 1.165) is 30.8 Å². The van der Waals surface area contributed by atoms with Crippen LogP contribution in [0.15, 0.2) is 54.9 Å². The monoisotopic (exact) mass is 333 g/mol. The maximum Gasteiger partial charge on any atom is 0.254 e. The van der Waals surface area contributed by atoms with Gasteiger partial charge in [-0.05, 0) is 47.2 Å². The van der Waals surface area contributed by atoms with E-state index in [9.17, 15) is 4.79 Å². The Bertz CT molecular complexity index is 870. The number of rotatable bonds is 4. The lowest BCUT2D eigenvalue weighted by molar-refractivity contribution is 0.0951. The van der Waals surface area contributed by atoms with E-state index >= 15 is 0 Å². The summed E-state index contributed by atoms with van der Waals surface area (Å²) in [7, 11) is 0. The third kappa shape index (κ3) is 3.40. The van der Waals surface area contributed by atoms with E-state index in [1.807, 2.05) is 12.1 Å². The van der Waals surface area contributed by atoms with Gasteiger partial charge in [0.25, 0.3) is 5.91 Å². The Morgan fingerprint density at radius 2 is 2.00 bits per heavy atom. The highest BCUT2D eigenvalue weighted by Gasteiger charge is 2.11. The highest BCUT2D eigenvalue weighted by molar-refractivity contribution is 5.93. The molecular weight excluding hydrogens is 314 g/mol. The maximum atomic E-state index is 11.9. The molecule has 0 spiro atoms. The van der Waals surface area contributed by atoms with Crippen LogP contribution in [0.4, 0.5) is 0 Å². The fourth-order valence-electron chi connectivity index (χ4n) is 3.01. The fourth-order valence-corrected chi connectivity index (χ4v) is 3.01. The van der Waals surface area contributed by atoms with Crippen molar-refractivity contribution in [2.75, 3.05) is 6.61 Å². The molecule has 25 heavy (non-hydrogen) atoms. The molecule has 0 saturated heterocycles. The molecule has 2 N–H and O–H groups in total. The van der Waals surface area contributed by atoms with E-state index < -0.39 is 0 Å². The van der Waals surface area contributed by atoms with Crippen LogP contribution in [0.1, 0.15) is 27.9 Å². The van der Waals surface area contributed by atoms with Gasteiger partial charge in [-0.2, -0.15) is 5.10 Å². The Labute approximate surface area is 146 Å². The molecule has 0 atom stereocenters.